The topological polar surface area (TPSA) is 59.2 Å². The summed E-state index contributed by atoms with van der Waals surface area (Å²) in [7, 11) is -3.34. The van der Waals surface area contributed by atoms with E-state index >= 15 is 0 Å². The fraction of sp³-hybridized carbons (Fsp3) is 0.429. The van der Waals surface area contributed by atoms with Crippen molar-refractivity contribution in [3.8, 4) is 0 Å². The van der Waals surface area contributed by atoms with E-state index in [0.29, 0.717) is 0 Å². The van der Waals surface area contributed by atoms with Crippen LogP contribution in [0.1, 0.15) is 17.7 Å². The summed E-state index contributed by atoms with van der Waals surface area (Å²) >= 11 is 0. The van der Waals surface area contributed by atoms with E-state index in [9.17, 15) is 8.42 Å². The van der Waals surface area contributed by atoms with E-state index in [-0.39, 0.29) is 12.5 Å². The minimum atomic E-state index is -3.34. The summed E-state index contributed by atoms with van der Waals surface area (Å²) < 4.78 is 27.0. The molecule has 1 unspecified atom stereocenters. The third-order valence-electron chi connectivity index (χ3n) is 3.72. The lowest BCUT2D eigenvalue weighted by atomic mass is 9.87. The van der Waals surface area contributed by atoms with Crippen LogP contribution in [0.2, 0.25) is 0 Å². The normalized spacial score (nSPS) is 19.5. The third-order valence-corrected chi connectivity index (χ3v) is 4.28. The molecule has 1 aromatic carbocycles. The van der Waals surface area contributed by atoms with E-state index in [2.05, 4.69) is 17.1 Å². The molecule has 1 N–H and O–H groups in total. The molecule has 1 heterocycles. The highest BCUT2D eigenvalue weighted by molar-refractivity contribution is 7.85. The zero-order chi connectivity index (χ0) is 13.5. The SMILES string of the molecule is CS(=O)(=O)OCC1CCc2[nH]c3ccccc3c2C1. The molecule has 0 bridgehead atoms. The molecule has 3 rings (SSSR count). The summed E-state index contributed by atoms with van der Waals surface area (Å²) in [6.07, 6.45) is 3.92. The highest BCUT2D eigenvalue weighted by Gasteiger charge is 2.23. The standard InChI is InChI=1S/C14H17NO3S/c1-19(16,17)18-9-10-6-7-14-12(8-10)11-4-2-3-5-13(11)15-14/h2-5,10,15H,6-9H2,1H3. The molecular weight excluding hydrogens is 262 g/mol. The average Bonchev–Trinajstić information content (AvgIpc) is 2.73. The number of H-pyrrole nitrogens is 1. The highest BCUT2D eigenvalue weighted by atomic mass is 32.2. The fourth-order valence-electron chi connectivity index (χ4n) is 2.80. The Morgan fingerprint density at radius 1 is 1.37 bits per heavy atom. The molecule has 102 valence electrons. The van der Waals surface area contributed by atoms with Gasteiger partial charge in [-0.25, -0.2) is 0 Å². The van der Waals surface area contributed by atoms with Crippen molar-refractivity contribution in [2.75, 3.05) is 12.9 Å². The van der Waals surface area contributed by atoms with Gasteiger partial charge in [0, 0.05) is 16.6 Å². The number of nitrogens with one attached hydrogen (secondary N) is 1. The molecule has 0 saturated carbocycles. The molecule has 1 atom stereocenters. The number of fused-ring (bicyclic) bond motifs is 3. The van der Waals surface area contributed by atoms with Crippen LogP contribution in [0, 0.1) is 5.92 Å². The van der Waals surface area contributed by atoms with E-state index in [1.165, 1.54) is 16.6 Å². The van der Waals surface area contributed by atoms with Crippen molar-refractivity contribution in [3.05, 3.63) is 35.5 Å². The molecular formula is C14H17NO3S. The summed E-state index contributed by atoms with van der Waals surface area (Å²) in [6, 6.07) is 8.25. The van der Waals surface area contributed by atoms with Crippen LogP contribution in [0.15, 0.2) is 24.3 Å². The quantitative estimate of drug-likeness (QED) is 0.877. The van der Waals surface area contributed by atoms with Gasteiger partial charge in [0.1, 0.15) is 0 Å². The van der Waals surface area contributed by atoms with Crippen molar-refractivity contribution < 1.29 is 12.6 Å². The van der Waals surface area contributed by atoms with E-state index in [0.717, 1.165) is 31.0 Å². The van der Waals surface area contributed by atoms with Gasteiger partial charge in [-0.2, -0.15) is 8.42 Å². The van der Waals surface area contributed by atoms with Crippen molar-refractivity contribution in [2.24, 2.45) is 5.92 Å². The van der Waals surface area contributed by atoms with Crippen LogP contribution in [0.25, 0.3) is 10.9 Å². The molecule has 1 aliphatic rings. The zero-order valence-corrected chi connectivity index (χ0v) is 11.7. The molecule has 4 nitrogen and oxygen atoms in total. The van der Waals surface area contributed by atoms with Crippen LogP contribution >= 0.6 is 0 Å². The van der Waals surface area contributed by atoms with Crippen LogP contribution in [-0.2, 0) is 27.1 Å². The number of benzene rings is 1. The molecule has 2 aromatic rings. The largest absolute Gasteiger partial charge is 0.358 e. The van der Waals surface area contributed by atoms with E-state index in [1.807, 2.05) is 12.1 Å². The minimum Gasteiger partial charge on any atom is -0.358 e. The second-order valence-corrected chi connectivity index (χ2v) is 6.87. The lowest BCUT2D eigenvalue weighted by Gasteiger charge is -2.21. The molecule has 1 aromatic heterocycles. The maximum absolute atomic E-state index is 11.1. The predicted molar refractivity (Wildman–Crippen MR) is 74.6 cm³/mol. The zero-order valence-electron chi connectivity index (χ0n) is 10.8. The molecule has 0 fully saturated rings. The van der Waals surface area contributed by atoms with Crippen molar-refractivity contribution >= 4 is 21.0 Å². The van der Waals surface area contributed by atoms with Crippen molar-refractivity contribution in [1.82, 2.24) is 4.98 Å². The molecule has 19 heavy (non-hydrogen) atoms. The Bertz CT molecular complexity index is 703. The Morgan fingerprint density at radius 2 is 2.16 bits per heavy atom. The number of hydrogen-bond donors (Lipinski definition) is 1. The molecule has 0 saturated heterocycles. The number of hydrogen-bond acceptors (Lipinski definition) is 3. The number of rotatable bonds is 3. The molecule has 0 aliphatic heterocycles. The van der Waals surface area contributed by atoms with Gasteiger partial charge in [-0.3, -0.25) is 4.18 Å². The van der Waals surface area contributed by atoms with E-state index in [4.69, 9.17) is 4.18 Å². The first kappa shape index (κ1) is 12.7. The van der Waals surface area contributed by atoms with Gasteiger partial charge < -0.3 is 4.98 Å². The van der Waals surface area contributed by atoms with Crippen LogP contribution in [0.5, 0.6) is 0 Å². The summed E-state index contributed by atoms with van der Waals surface area (Å²) in [5, 5.41) is 1.25. The maximum atomic E-state index is 11.1. The first-order valence-corrected chi connectivity index (χ1v) is 8.27. The average molecular weight is 279 g/mol. The van der Waals surface area contributed by atoms with Crippen LogP contribution in [-0.4, -0.2) is 26.3 Å². The summed E-state index contributed by atoms with van der Waals surface area (Å²) in [5.74, 6) is 0.279. The number of aromatic amines is 1. The molecule has 0 radical (unpaired) electrons. The first-order chi connectivity index (χ1) is 9.03. The Hall–Kier alpha value is -1.33. The Labute approximate surface area is 112 Å². The van der Waals surface area contributed by atoms with Gasteiger partial charge in [-0.15, -0.1) is 0 Å². The van der Waals surface area contributed by atoms with Crippen molar-refractivity contribution in [3.63, 3.8) is 0 Å². The van der Waals surface area contributed by atoms with Crippen LogP contribution < -0.4 is 0 Å². The molecule has 1 aliphatic carbocycles. The monoisotopic (exact) mass is 279 g/mol. The summed E-state index contributed by atoms with van der Waals surface area (Å²) in [4.78, 5) is 3.45. The highest BCUT2D eigenvalue weighted by Crippen LogP contribution is 2.31. The third kappa shape index (κ3) is 2.67. The number of aryl methyl sites for hydroxylation is 1. The van der Waals surface area contributed by atoms with Gasteiger partial charge in [-0.05, 0) is 36.8 Å². The van der Waals surface area contributed by atoms with Crippen LogP contribution in [0.4, 0.5) is 0 Å². The fourth-order valence-corrected chi connectivity index (χ4v) is 3.24. The predicted octanol–water partition coefficient (Wildman–Crippen LogP) is 2.25. The Balaban J connectivity index is 1.83. The van der Waals surface area contributed by atoms with Gasteiger partial charge in [0.2, 0.25) is 0 Å². The van der Waals surface area contributed by atoms with Crippen molar-refractivity contribution in [2.45, 2.75) is 19.3 Å². The van der Waals surface area contributed by atoms with Gasteiger partial charge in [0.15, 0.2) is 0 Å². The smallest absolute Gasteiger partial charge is 0.264 e. The minimum absolute atomic E-state index is 0.279. The van der Waals surface area contributed by atoms with Crippen LogP contribution in [0.3, 0.4) is 0 Å². The molecule has 0 amide bonds. The van der Waals surface area contributed by atoms with Crippen molar-refractivity contribution in [1.29, 1.82) is 0 Å². The second-order valence-electron chi connectivity index (χ2n) is 5.23. The summed E-state index contributed by atoms with van der Waals surface area (Å²) in [5.41, 5.74) is 3.78. The van der Waals surface area contributed by atoms with Gasteiger partial charge in [-0.1, -0.05) is 18.2 Å². The lowest BCUT2D eigenvalue weighted by molar-refractivity contribution is 0.241. The van der Waals surface area contributed by atoms with E-state index in [1.54, 1.807) is 0 Å². The van der Waals surface area contributed by atoms with Gasteiger partial charge in [0.05, 0.1) is 12.9 Å². The lowest BCUT2D eigenvalue weighted by Crippen LogP contribution is -2.20. The Kier molecular flexibility index (Phi) is 3.11. The number of para-hydroxylation sites is 1. The molecule has 5 heteroatoms. The summed E-state index contributed by atoms with van der Waals surface area (Å²) in [6.45, 7) is 0.289. The first-order valence-electron chi connectivity index (χ1n) is 6.46. The van der Waals surface area contributed by atoms with Gasteiger partial charge in [0.25, 0.3) is 10.1 Å². The number of aromatic nitrogens is 1. The van der Waals surface area contributed by atoms with Gasteiger partial charge >= 0.3 is 0 Å². The second kappa shape index (κ2) is 4.65. The molecule has 0 spiro atoms. The maximum Gasteiger partial charge on any atom is 0.264 e. The van der Waals surface area contributed by atoms with E-state index < -0.39 is 10.1 Å². The Morgan fingerprint density at radius 3 is 2.95 bits per heavy atom.